The highest BCUT2D eigenvalue weighted by Gasteiger charge is 2.35. The van der Waals surface area contributed by atoms with Gasteiger partial charge in [0, 0.05) is 25.6 Å². The Hall–Kier alpha value is -3.53. The number of ether oxygens (including phenoxy) is 2. The third-order valence-corrected chi connectivity index (χ3v) is 6.32. The Bertz CT molecular complexity index is 1120. The summed E-state index contributed by atoms with van der Waals surface area (Å²) in [5, 5.41) is 9.51. The summed E-state index contributed by atoms with van der Waals surface area (Å²) in [5.74, 6) is -0.121. The molecule has 0 N–H and O–H groups in total. The van der Waals surface area contributed by atoms with E-state index in [0.29, 0.717) is 25.1 Å². The van der Waals surface area contributed by atoms with Gasteiger partial charge < -0.3 is 9.47 Å². The van der Waals surface area contributed by atoms with E-state index < -0.39 is 23.8 Å². The van der Waals surface area contributed by atoms with Gasteiger partial charge in [-0.25, -0.2) is 4.79 Å². The van der Waals surface area contributed by atoms with Crippen LogP contribution in [0.2, 0.25) is 0 Å². The van der Waals surface area contributed by atoms with Gasteiger partial charge in [-0.1, -0.05) is 56.3 Å². The molecule has 7 nitrogen and oxygen atoms in total. The number of benzene rings is 2. The van der Waals surface area contributed by atoms with Crippen LogP contribution in [-0.4, -0.2) is 47.2 Å². The second-order valence-corrected chi connectivity index (χ2v) is 11.0. The number of likely N-dealkylation sites (N-methyl/N-ethyl adjacent to an activating group) is 1. The molecule has 2 aromatic carbocycles. The van der Waals surface area contributed by atoms with Crippen molar-refractivity contribution in [1.82, 2.24) is 9.80 Å². The number of carbonyl (C=O) groups is 2. The second-order valence-electron chi connectivity index (χ2n) is 11.0. The van der Waals surface area contributed by atoms with Crippen molar-refractivity contribution in [2.75, 3.05) is 13.6 Å². The summed E-state index contributed by atoms with van der Waals surface area (Å²) >= 11 is 0. The molecule has 1 aliphatic rings. The molecule has 3 rings (SSSR count). The third kappa shape index (κ3) is 7.25. The minimum atomic E-state index is -0.617. The second kappa shape index (κ2) is 12.1. The molecule has 0 radical (unpaired) electrons. The number of hydrogen-bond donors (Lipinski definition) is 0. The molecule has 1 saturated heterocycles. The number of hydrogen-bond acceptors (Lipinski definition) is 5. The number of rotatable bonds is 7. The van der Waals surface area contributed by atoms with E-state index in [1.807, 2.05) is 75.5 Å². The zero-order valence-electron chi connectivity index (χ0n) is 22.9. The van der Waals surface area contributed by atoms with Crippen LogP contribution in [-0.2, 0) is 9.53 Å². The fourth-order valence-corrected chi connectivity index (χ4v) is 4.67. The maximum Gasteiger partial charge on any atom is 0.413 e. The minimum absolute atomic E-state index is 0.200. The summed E-state index contributed by atoms with van der Waals surface area (Å²) in [4.78, 5) is 29.3. The molecule has 2 atom stereocenters. The van der Waals surface area contributed by atoms with Gasteiger partial charge in [0.1, 0.15) is 11.4 Å². The van der Waals surface area contributed by atoms with E-state index in [1.54, 1.807) is 4.90 Å². The first-order valence-corrected chi connectivity index (χ1v) is 13.0. The monoisotopic (exact) mass is 505 g/mol. The number of carbonyl (C=O) groups excluding carboxylic acids is 2. The van der Waals surface area contributed by atoms with Crippen LogP contribution in [0.1, 0.15) is 71.8 Å². The van der Waals surface area contributed by atoms with Gasteiger partial charge in [-0.15, -0.1) is 0 Å². The van der Waals surface area contributed by atoms with Gasteiger partial charge in [-0.3, -0.25) is 14.6 Å². The van der Waals surface area contributed by atoms with Crippen molar-refractivity contribution in [3.05, 3.63) is 54.1 Å². The number of piperidine rings is 1. The van der Waals surface area contributed by atoms with Gasteiger partial charge in [-0.05, 0) is 63.1 Å². The van der Waals surface area contributed by atoms with E-state index >= 15 is 0 Å². The maximum absolute atomic E-state index is 13.5. The number of nitriles is 1. The van der Waals surface area contributed by atoms with E-state index in [9.17, 15) is 14.9 Å². The Morgan fingerprint density at radius 1 is 1.11 bits per heavy atom. The molecule has 37 heavy (non-hydrogen) atoms. The first-order valence-electron chi connectivity index (χ1n) is 13.0. The predicted molar refractivity (Wildman–Crippen MR) is 144 cm³/mol. The van der Waals surface area contributed by atoms with E-state index in [0.717, 1.165) is 34.4 Å². The van der Waals surface area contributed by atoms with E-state index in [2.05, 4.69) is 13.8 Å². The number of nitrogens with zero attached hydrogens (tertiary/aromatic N) is 3. The normalized spacial score (nSPS) is 16.6. The van der Waals surface area contributed by atoms with Crippen LogP contribution < -0.4 is 4.74 Å². The molecule has 1 heterocycles. The SMILES string of the molecule is CC(C)CC(C(=O)N(C)C#N)c1c(OC2CCCCN2C(=O)OC(C)(C)C)cccc1-c1ccccc1. The lowest BCUT2D eigenvalue weighted by molar-refractivity contribution is -0.129. The highest BCUT2D eigenvalue weighted by molar-refractivity contribution is 5.89. The van der Waals surface area contributed by atoms with Crippen LogP contribution in [0.25, 0.3) is 11.1 Å². The molecular formula is C30H39N3O4. The molecule has 0 spiro atoms. The Labute approximate surface area is 221 Å². The van der Waals surface area contributed by atoms with Crippen LogP contribution >= 0.6 is 0 Å². The summed E-state index contributed by atoms with van der Waals surface area (Å²) < 4.78 is 12.3. The number of amides is 2. The van der Waals surface area contributed by atoms with Crippen molar-refractivity contribution in [3.63, 3.8) is 0 Å². The van der Waals surface area contributed by atoms with Crippen LogP contribution in [0.3, 0.4) is 0 Å². The van der Waals surface area contributed by atoms with E-state index in [1.165, 1.54) is 7.05 Å². The third-order valence-electron chi connectivity index (χ3n) is 6.32. The average Bonchev–Trinajstić information content (AvgIpc) is 2.86. The first kappa shape index (κ1) is 28.0. The van der Waals surface area contributed by atoms with Crippen molar-refractivity contribution >= 4 is 12.0 Å². The Morgan fingerprint density at radius 2 is 1.81 bits per heavy atom. The molecule has 0 saturated carbocycles. The van der Waals surface area contributed by atoms with Gasteiger partial charge in [0.05, 0.1) is 5.92 Å². The maximum atomic E-state index is 13.5. The summed E-state index contributed by atoms with van der Waals surface area (Å²) in [5.41, 5.74) is 1.96. The lowest BCUT2D eigenvalue weighted by atomic mass is 9.83. The van der Waals surface area contributed by atoms with Gasteiger partial charge >= 0.3 is 6.09 Å². The highest BCUT2D eigenvalue weighted by atomic mass is 16.6. The van der Waals surface area contributed by atoms with Crippen LogP contribution in [0.4, 0.5) is 4.79 Å². The largest absolute Gasteiger partial charge is 0.470 e. The molecule has 2 unspecified atom stereocenters. The molecule has 0 aliphatic carbocycles. The summed E-state index contributed by atoms with van der Waals surface area (Å²) in [6, 6.07) is 15.6. The van der Waals surface area contributed by atoms with E-state index in [-0.39, 0.29) is 11.8 Å². The molecule has 2 amide bonds. The number of likely N-dealkylation sites (tertiary alicyclic amines) is 1. The molecule has 1 fully saturated rings. The summed E-state index contributed by atoms with van der Waals surface area (Å²) in [6.45, 7) is 10.2. The topological polar surface area (TPSA) is 82.9 Å². The minimum Gasteiger partial charge on any atom is -0.470 e. The fourth-order valence-electron chi connectivity index (χ4n) is 4.67. The molecular weight excluding hydrogens is 466 g/mol. The average molecular weight is 506 g/mol. The van der Waals surface area contributed by atoms with Gasteiger partial charge in [0.25, 0.3) is 0 Å². The molecule has 1 aliphatic heterocycles. The van der Waals surface area contributed by atoms with Crippen molar-refractivity contribution in [2.45, 2.75) is 78.0 Å². The zero-order valence-corrected chi connectivity index (χ0v) is 22.9. The fraction of sp³-hybridized carbons (Fsp3) is 0.500. The van der Waals surface area contributed by atoms with Crippen molar-refractivity contribution in [3.8, 4) is 23.1 Å². The predicted octanol–water partition coefficient (Wildman–Crippen LogP) is 6.55. The smallest absolute Gasteiger partial charge is 0.413 e. The van der Waals surface area contributed by atoms with E-state index in [4.69, 9.17) is 9.47 Å². The summed E-state index contributed by atoms with van der Waals surface area (Å²) in [6.07, 6.45) is 4.04. The molecule has 0 bridgehead atoms. The lowest BCUT2D eigenvalue weighted by Crippen LogP contribution is -2.48. The molecule has 0 aromatic heterocycles. The standard InChI is InChI=1S/C30H39N3O4/c1-21(2)19-24(28(34)32(6)20-31)27-23(22-13-8-7-9-14-22)15-12-16-25(27)36-26-17-10-11-18-33(26)29(35)37-30(3,4)5/h7-9,12-16,21,24,26H,10-11,17-19H2,1-6H3. The highest BCUT2D eigenvalue weighted by Crippen LogP contribution is 2.41. The Balaban J connectivity index is 2.11. The zero-order chi connectivity index (χ0) is 27.2. The Morgan fingerprint density at radius 3 is 2.43 bits per heavy atom. The summed E-state index contributed by atoms with van der Waals surface area (Å²) in [7, 11) is 1.49. The first-order chi connectivity index (χ1) is 17.5. The molecule has 198 valence electrons. The van der Waals surface area contributed by atoms with Crippen LogP contribution in [0.5, 0.6) is 5.75 Å². The van der Waals surface area contributed by atoms with Gasteiger partial charge in [-0.2, -0.15) is 5.26 Å². The lowest BCUT2D eigenvalue weighted by Gasteiger charge is -2.37. The van der Waals surface area contributed by atoms with Crippen molar-refractivity contribution in [2.24, 2.45) is 5.92 Å². The van der Waals surface area contributed by atoms with Gasteiger partial charge in [0.15, 0.2) is 12.4 Å². The van der Waals surface area contributed by atoms with Crippen LogP contribution in [0.15, 0.2) is 48.5 Å². The van der Waals surface area contributed by atoms with Crippen molar-refractivity contribution < 1.29 is 19.1 Å². The molecule has 7 heteroatoms. The van der Waals surface area contributed by atoms with Gasteiger partial charge in [0.2, 0.25) is 5.91 Å². The van der Waals surface area contributed by atoms with Crippen LogP contribution in [0, 0.1) is 17.4 Å². The Kier molecular flexibility index (Phi) is 9.20. The quantitative estimate of drug-likeness (QED) is 0.315. The molecule has 2 aromatic rings. The van der Waals surface area contributed by atoms with Crippen molar-refractivity contribution in [1.29, 1.82) is 5.26 Å².